The van der Waals surface area contributed by atoms with Gasteiger partial charge in [0.05, 0.1) is 0 Å². The van der Waals surface area contributed by atoms with Crippen molar-refractivity contribution in [3.63, 3.8) is 0 Å². The molecule has 0 aliphatic heterocycles. The Labute approximate surface area is 124 Å². The summed E-state index contributed by atoms with van der Waals surface area (Å²) in [5.41, 5.74) is 6.43. The van der Waals surface area contributed by atoms with E-state index in [1.54, 1.807) is 0 Å². The lowest BCUT2D eigenvalue weighted by Gasteiger charge is -2.21. The maximum absolute atomic E-state index is 12.1. The SMILES string of the molecule is O=C(NNC(=S)Nc1ccccc1)[C@@H]1C[C@H]2CC[C@@H]1C2. The quantitative estimate of drug-likeness (QED) is 0.578. The van der Waals surface area contributed by atoms with E-state index in [0.29, 0.717) is 11.0 Å². The van der Waals surface area contributed by atoms with Crippen molar-refractivity contribution in [1.82, 2.24) is 10.9 Å². The van der Waals surface area contributed by atoms with Crippen molar-refractivity contribution in [3.8, 4) is 0 Å². The Hall–Kier alpha value is -1.62. The Morgan fingerprint density at radius 2 is 1.90 bits per heavy atom. The van der Waals surface area contributed by atoms with Crippen LogP contribution >= 0.6 is 12.2 Å². The molecule has 1 aromatic carbocycles. The van der Waals surface area contributed by atoms with E-state index in [-0.39, 0.29) is 11.8 Å². The smallest absolute Gasteiger partial charge is 0.241 e. The molecule has 5 heteroatoms. The van der Waals surface area contributed by atoms with Crippen molar-refractivity contribution in [3.05, 3.63) is 30.3 Å². The molecule has 2 bridgehead atoms. The molecule has 1 aromatic rings. The van der Waals surface area contributed by atoms with E-state index < -0.39 is 0 Å². The lowest BCUT2D eigenvalue weighted by molar-refractivity contribution is -0.127. The van der Waals surface area contributed by atoms with E-state index in [4.69, 9.17) is 12.2 Å². The largest absolute Gasteiger partial charge is 0.331 e. The molecule has 0 radical (unpaired) electrons. The fraction of sp³-hybridized carbons (Fsp3) is 0.467. The summed E-state index contributed by atoms with van der Waals surface area (Å²) in [6.45, 7) is 0. The van der Waals surface area contributed by atoms with E-state index in [1.807, 2.05) is 30.3 Å². The number of carbonyl (C=O) groups is 1. The molecule has 0 unspecified atom stereocenters. The summed E-state index contributed by atoms with van der Waals surface area (Å²) in [6, 6.07) is 9.65. The van der Waals surface area contributed by atoms with Gasteiger partial charge in [-0.05, 0) is 55.4 Å². The summed E-state index contributed by atoms with van der Waals surface area (Å²) in [7, 11) is 0. The van der Waals surface area contributed by atoms with Crippen molar-refractivity contribution in [2.24, 2.45) is 17.8 Å². The van der Waals surface area contributed by atoms with Gasteiger partial charge < -0.3 is 5.32 Å². The van der Waals surface area contributed by atoms with Crippen LogP contribution in [0.3, 0.4) is 0 Å². The summed E-state index contributed by atoms with van der Waals surface area (Å²) in [5, 5.41) is 3.44. The van der Waals surface area contributed by atoms with Crippen LogP contribution in [0.15, 0.2) is 30.3 Å². The third kappa shape index (κ3) is 2.93. The van der Waals surface area contributed by atoms with Gasteiger partial charge in [0.25, 0.3) is 0 Å². The van der Waals surface area contributed by atoms with E-state index >= 15 is 0 Å². The van der Waals surface area contributed by atoms with E-state index in [9.17, 15) is 4.79 Å². The second-order valence-electron chi connectivity index (χ2n) is 5.72. The second kappa shape index (κ2) is 5.79. The lowest BCUT2D eigenvalue weighted by atomic mass is 9.88. The molecule has 3 rings (SSSR count). The van der Waals surface area contributed by atoms with Gasteiger partial charge in [-0.1, -0.05) is 24.6 Å². The Kier molecular flexibility index (Phi) is 3.87. The van der Waals surface area contributed by atoms with Gasteiger partial charge in [0, 0.05) is 11.6 Å². The minimum atomic E-state index is 0.0782. The normalized spacial score (nSPS) is 27.1. The second-order valence-corrected chi connectivity index (χ2v) is 6.12. The van der Waals surface area contributed by atoms with Crippen LogP contribution in [0.1, 0.15) is 25.7 Å². The van der Waals surface area contributed by atoms with Crippen LogP contribution in [0, 0.1) is 17.8 Å². The number of hydrogen-bond acceptors (Lipinski definition) is 2. The molecule has 20 heavy (non-hydrogen) atoms. The van der Waals surface area contributed by atoms with Crippen molar-refractivity contribution in [2.45, 2.75) is 25.7 Å². The topological polar surface area (TPSA) is 53.2 Å². The van der Waals surface area contributed by atoms with E-state index in [2.05, 4.69) is 16.2 Å². The van der Waals surface area contributed by atoms with Gasteiger partial charge in [-0.2, -0.15) is 0 Å². The first kappa shape index (κ1) is 13.4. The highest BCUT2D eigenvalue weighted by Crippen LogP contribution is 2.48. The number of thiocarbonyl (C=S) groups is 1. The molecule has 0 heterocycles. The molecule has 3 atom stereocenters. The molecule has 3 N–H and O–H groups in total. The fourth-order valence-electron chi connectivity index (χ4n) is 3.46. The van der Waals surface area contributed by atoms with Crippen molar-refractivity contribution < 1.29 is 4.79 Å². The van der Waals surface area contributed by atoms with Crippen LogP contribution in [0.5, 0.6) is 0 Å². The van der Waals surface area contributed by atoms with Gasteiger partial charge >= 0.3 is 0 Å². The number of hydrazine groups is 1. The zero-order valence-electron chi connectivity index (χ0n) is 11.3. The molecule has 2 aliphatic rings. The van der Waals surface area contributed by atoms with Gasteiger partial charge in [-0.25, -0.2) is 0 Å². The summed E-state index contributed by atoms with van der Waals surface area (Å²) in [4.78, 5) is 12.1. The fourth-order valence-corrected chi connectivity index (χ4v) is 3.63. The van der Waals surface area contributed by atoms with Gasteiger partial charge in [-0.3, -0.25) is 15.6 Å². The van der Waals surface area contributed by atoms with Crippen LogP contribution in [0.4, 0.5) is 5.69 Å². The van der Waals surface area contributed by atoms with Crippen LogP contribution in [-0.4, -0.2) is 11.0 Å². The predicted molar refractivity (Wildman–Crippen MR) is 82.9 cm³/mol. The number of amides is 1. The first-order valence-electron chi connectivity index (χ1n) is 7.14. The third-order valence-corrected chi connectivity index (χ3v) is 4.61. The third-order valence-electron chi connectivity index (χ3n) is 4.41. The predicted octanol–water partition coefficient (Wildman–Crippen LogP) is 2.44. The highest BCUT2D eigenvalue weighted by Gasteiger charge is 2.43. The first-order chi connectivity index (χ1) is 9.72. The molecular weight excluding hydrogens is 270 g/mol. The zero-order chi connectivity index (χ0) is 13.9. The molecule has 1 amide bonds. The highest BCUT2D eigenvalue weighted by molar-refractivity contribution is 7.80. The van der Waals surface area contributed by atoms with Crippen LogP contribution in [-0.2, 0) is 4.79 Å². The number of hydrogen-bond donors (Lipinski definition) is 3. The number of rotatable bonds is 2. The average Bonchev–Trinajstić information content (AvgIpc) is 3.08. The van der Waals surface area contributed by atoms with Gasteiger partial charge in [0.15, 0.2) is 5.11 Å². The zero-order valence-corrected chi connectivity index (χ0v) is 12.1. The van der Waals surface area contributed by atoms with E-state index in [1.165, 1.54) is 19.3 Å². The first-order valence-corrected chi connectivity index (χ1v) is 7.55. The monoisotopic (exact) mass is 289 g/mol. The maximum atomic E-state index is 12.1. The van der Waals surface area contributed by atoms with Crippen LogP contribution in [0.2, 0.25) is 0 Å². The Bertz CT molecular complexity index is 505. The van der Waals surface area contributed by atoms with Crippen LogP contribution < -0.4 is 16.2 Å². The Morgan fingerprint density at radius 1 is 1.10 bits per heavy atom. The van der Waals surface area contributed by atoms with Crippen molar-refractivity contribution >= 4 is 28.9 Å². The Balaban J connectivity index is 1.45. The van der Waals surface area contributed by atoms with Crippen molar-refractivity contribution in [2.75, 3.05) is 5.32 Å². The number of para-hydroxylation sites is 1. The summed E-state index contributed by atoms with van der Waals surface area (Å²) >= 11 is 5.16. The minimum Gasteiger partial charge on any atom is -0.331 e. The minimum absolute atomic E-state index is 0.0782. The summed E-state index contributed by atoms with van der Waals surface area (Å²) in [5.74, 6) is 1.60. The molecule has 106 valence electrons. The molecule has 0 aromatic heterocycles. The summed E-state index contributed by atoms with van der Waals surface area (Å²) in [6.07, 6.45) is 4.77. The number of benzene rings is 1. The lowest BCUT2D eigenvalue weighted by Crippen LogP contribution is -2.47. The van der Waals surface area contributed by atoms with Gasteiger partial charge in [-0.15, -0.1) is 0 Å². The van der Waals surface area contributed by atoms with E-state index in [0.717, 1.165) is 18.0 Å². The molecule has 2 aliphatic carbocycles. The van der Waals surface area contributed by atoms with Crippen LogP contribution in [0.25, 0.3) is 0 Å². The molecular formula is C15H19N3OS. The molecule has 4 nitrogen and oxygen atoms in total. The number of fused-ring (bicyclic) bond motifs is 2. The molecule has 0 spiro atoms. The van der Waals surface area contributed by atoms with Gasteiger partial charge in [0.2, 0.25) is 5.91 Å². The van der Waals surface area contributed by atoms with Gasteiger partial charge in [0.1, 0.15) is 0 Å². The summed E-state index contributed by atoms with van der Waals surface area (Å²) < 4.78 is 0. The molecule has 2 fully saturated rings. The molecule has 2 saturated carbocycles. The standard InChI is InChI=1S/C15H19N3OS/c19-14(13-9-10-6-7-11(13)8-10)17-18-15(20)16-12-4-2-1-3-5-12/h1-5,10-11,13H,6-9H2,(H,17,19)(H2,16,18,20)/t10-,11+,13+/m0/s1. The maximum Gasteiger partial charge on any atom is 0.241 e. The number of carbonyl (C=O) groups excluding carboxylic acids is 1. The Morgan fingerprint density at radius 3 is 2.55 bits per heavy atom. The highest BCUT2D eigenvalue weighted by atomic mass is 32.1. The average molecular weight is 289 g/mol. The number of nitrogens with one attached hydrogen (secondary N) is 3. The number of anilines is 1. The molecule has 0 saturated heterocycles. The van der Waals surface area contributed by atoms with Crippen molar-refractivity contribution in [1.29, 1.82) is 0 Å².